The van der Waals surface area contributed by atoms with Gasteiger partial charge in [0.15, 0.2) is 0 Å². The molecule has 2 aromatic carbocycles. The summed E-state index contributed by atoms with van der Waals surface area (Å²) in [5, 5.41) is 0. The average molecular weight is 323 g/mol. The van der Waals surface area contributed by atoms with Gasteiger partial charge < -0.3 is 4.74 Å². The van der Waals surface area contributed by atoms with E-state index >= 15 is 0 Å². The number of halogens is 2. The van der Waals surface area contributed by atoms with Crippen LogP contribution in [0.5, 0.6) is 5.75 Å². The first kappa shape index (κ1) is 14.1. The molecule has 0 fully saturated rings. The van der Waals surface area contributed by atoms with Gasteiger partial charge >= 0.3 is 0 Å². The van der Waals surface area contributed by atoms with E-state index in [1.807, 2.05) is 19.9 Å². The van der Waals surface area contributed by atoms with Crippen molar-refractivity contribution < 1.29 is 9.13 Å². The van der Waals surface area contributed by atoms with Crippen molar-refractivity contribution in [1.29, 1.82) is 0 Å². The molecular weight excluding hydrogens is 307 g/mol. The molecule has 19 heavy (non-hydrogen) atoms. The maximum absolute atomic E-state index is 13.4. The Bertz CT molecular complexity index is 585. The van der Waals surface area contributed by atoms with Crippen LogP contribution in [-0.2, 0) is 6.61 Å². The lowest BCUT2D eigenvalue weighted by Gasteiger charge is -2.14. The van der Waals surface area contributed by atoms with Gasteiger partial charge in [0.2, 0.25) is 0 Å². The van der Waals surface area contributed by atoms with Crippen molar-refractivity contribution in [2.45, 2.75) is 27.4 Å². The van der Waals surface area contributed by atoms with Gasteiger partial charge in [0.05, 0.1) is 4.47 Å². The highest BCUT2D eigenvalue weighted by atomic mass is 79.9. The molecular formula is C16H16BrFO. The Labute approximate surface area is 121 Å². The van der Waals surface area contributed by atoms with E-state index in [2.05, 4.69) is 35.0 Å². The first-order chi connectivity index (χ1) is 8.99. The van der Waals surface area contributed by atoms with E-state index in [0.29, 0.717) is 11.1 Å². The maximum atomic E-state index is 13.4. The van der Waals surface area contributed by atoms with E-state index in [1.54, 1.807) is 6.07 Å². The Hall–Kier alpha value is -1.35. The molecule has 1 nitrogen and oxygen atoms in total. The first-order valence-corrected chi connectivity index (χ1v) is 6.92. The molecule has 2 rings (SSSR count). The van der Waals surface area contributed by atoms with Crippen molar-refractivity contribution >= 4 is 15.9 Å². The van der Waals surface area contributed by atoms with Crippen LogP contribution in [0.15, 0.2) is 34.8 Å². The molecule has 0 aliphatic heterocycles. The fraction of sp³-hybridized carbons (Fsp3) is 0.250. The predicted octanol–water partition coefficient (Wildman–Crippen LogP) is 5.09. The molecule has 2 aromatic rings. The van der Waals surface area contributed by atoms with Crippen LogP contribution >= 0.6 is 15.9 Å². The van der Waals surface area contributed by atoms with Crippen LogP contribution in [0, 0.1) is 26.6 Å². The first-order valence-electron chi connectivity index (χ1n) is 6.12. The minimum atomic E-state index is -0.265. The molecule has 0 aromatic heterocycles. The fourth-order valence-corrected chi connectivity index (χ4v) is 2.58. The maximum Gasteiger partial charge on any atom is 0.137 e. The lowest BCUT2D eigenvalue weighted by atomic mass is 10.1. The average Bonchev–Trinajstić information content (AvgIpc) is 2.33. The molecule has 0 unspecified atom stereocenters. The summed E-state index contributed by atoms with van der Waals surface area (Å²) in [5.74, 6) is 0.611. The molecule has 0 saturated carbocycles. The van der Waals surface area contributed by atoms with E-state index in [-0.39, 0.29) is 5.82 Å². The van der Waals surface area contributed by atoms with Crippen molar-refractivity contribution in [3.05, 3.63) is 62.9 Å². The van der Waals surface area contributed by atoms with E-state index in [0.717, 1.165) is 22.4 Å². The van der Waals surface area contributed by atoms with E-state index in [1.165, 1.54) is 11.6 Å². The lowest BCUT2D eigenvalue weighted by Crippen LogP contribution is -2.01. The molecule has 3 heteroatoms. The summed E-state index contributed by atoms with van der Waals surface area (Å²) in [6.07, 6.45) is 0. The Balaban J connectivity index is 2.22. The van der Waals surface area contributed by atoms with Gasteiger partial charge in [-0.3, -0.25) is 0 Å². The predicted molar refractivity (Wildman–Crippen MR) is 79.1 cm³/mol. The van der Waals surface area contributed by atoms with Gasteiger partial charge in [0.1, 0.15) is 18.2 Å². The third-order valence-corrected chi connectivity index (χ3v) is 3.90. The Morgan fingerprint density at radius 3 is 2.37 bits per heavy atom. The highest BCUT2D eigenvalue weighted by Gasteiger charge is 2.09. The normalized spacial score (nSPS) is 10.6. The monoisotopic (exact) mass is 322 g/mol. The van der Waals surface area contributed by atoms with E-state index < -0.39 is 0 Å². The smallest absolute Gasteiger partial charge is 0.137 e. The summed E-state index contributed by atoms with van der Waals surface area (Å²) >= 11 is 3.25. The van der Waals surface area contributed by atoms with Gasteiger partial charge in [-0.25, -0.2) is 4.39 Å². The highest BCUT2D eigenvalue weighted by molar-refractivity contribution is 9.10. The van der Waals surface area contributed by atoms with Crippen LogP contribution in [-0.4, -0.2) is 0 Å². The Morgan fingerprint density at radius 1 is 1.11 bits per heavy atom. The summed E-state index contributed by atoms with van der Waals surface area (Å²) in [7, 11) is 0. The zero-order chi connectivity index (χ0) is 14.0. The van der Waals surface area contributed by atoms with E-state index in [9.17, 15) is 4.39 Å². The number of aryl methyl sites for hydroxylation is 3. The summed E-state index contributed by atoms with van der Waals surface area (Å²) in [6.45, 7) is 6.46. The molecule has 100 valence electrons. The number of rotatable bonds is 3. The van der Waals surface area contributed by atoms with Crippen LogP contribution in [0.1, 0.15) is 22.3 Å². The van der Waals surface area contributed by atoms with Crippen LogP contribution in [0.2, 0.25) is 0 Å². The molecule has 0 aliphatic rings. The molecule has 0 bridgehead atoms. The second-order valence-electron chi connectivity index (χ2n) is 4.73. The quantitative estimate of drug-likeness (QED) is 0.764. The standard InChI is InChI=1S/C16H16BrFO/c1-10-7-11(2)16(12(3)8-10)19-9-13-5-4-6-14(18)15(13)17/h4-8H,9H2,1-3H3. The summed E-state index contributed by atoms with van der Waals surface area (Å²) in [4.78, 5) is 0. The van der Waals surface area contributed by atoms with Crippen molar-refractivity contribution in [2.75, 3.05) is 0 Å². The summed E-state index contributed by atoms with van der Waals surface area (Å²) in [6, 6.07) is 9.14. The Kier molecular flexibility index (Phi) is 4.25. The number of benzene rings is 2. The van der Waals surface area contributed by atoms with Crippen LogP contribution in [0.25, 0.3) is 0 Å². The molecule has 0 aliphatic carbocycles. The second kappa shape index (κ2) is 5.74. The third kappa shape index (κ3) is 3.16. The molecule has 0 saturated heterocycles. The van der Waals surface area contributed by atoms with Crippen molar-refractivity contribution in [3.63, 3.8) is 0 Å². The molecule has 0 amide bonds. The van der Waals surface area contributed by atoms with Crippen LogP contribution in [0.4, 0.5) is 4.39 Å². The van der Waals surface area contributed by atoms with Crippen molar-refractivity contribution in [1.82, 2.24) is 0 Å². The van der Waals surface area contributed by atoms with Gasteiger partial charge in [-0.1, -0.05) is 29.8 Å². The Morgan fingerprint density at radius 2 is 1.74 bits per heavy atom. The van der Waals surface area contributed by atoms with Gasteiger partial charge in [-0.05, 0) is 53.9 Å². The van der Waals surface area contributed by atoms with Gasteiger partial charge in [-0.15, -0.1) is 0 Å². The molecule has 0 N–H and O–H groups in total. The number of hydrogen-bond acceptors (Lipinski definition) is 1. The molecule has 0 spiro atoms. The van der Waals surface area contributed by atoms with E-state index in [4.69, 9.17) is 4.74 Å². The van der Waals surface area contributed by atoms with Crippen LogP contribution in [0.3, 0.4) is 0 Å². The highest BCUT2D eigenvalue weighted by Crippen LogP contribution is 2.27. The number of hydrogen-bond donors (Lipinski definition) is 0. The lowest BCUT2D eigenvalue weighted by molar-refractivity contribution is 0.300. The topological polar surface area (TPSA) is 9.23 Å². The minimum Gasteiger partial charge on any atom is -0.488 e. The molecule has 0 atom stereocenters. The SMILES string of the molecule is Cc1cc(C)c(OCc2cccc(F)c2Br)c(C)c1. The van der Waals surface area contributed by atoms with Gasteiger partial charge in [-0.2, -0.15) is 0 Å². The molecule has 0 radical (unpaired) electrons. The second-order valence-corrected chi connectivity index (χ2v) is 5.52. The van der Waals surface area contributed by atoms with Gasteiger partial charge in [0, 0.05) is 5.56 Å². The van der Waals surface area contributed by atoms with Crippen LogP contribution < -0.4 is 4.74 Å². The van der Waals surface area contributed by atoms with Gasteiger partial charge in [0.25, 0.3) is 0 Å². The largest absolute Gasteiger partial charge is 0.488 e. The third-order valence-electron chi connectivity index (χ3n) is 3.01. The zero-order valence-corrected chi connectivity index (χ0v) is 12.8. The zero-order valence-electron chi connectivity index (χ0n) is 11.3. The summed E-state index contributed by atoms with van der Waals surface area (Å²) in [5.41, 5.74) is 4.23. The fourth-order valence-electron chi connectivity index (χ4n) is 2.20. The molecule has 0 heterocycles. The summed E-state index contributed by atoms with van der Waals surface area (Å²) < 4.78 is 19.7. The van der Waals surface area contributed by atoms with Crippen molar-refractivity contribution in [3.8, 4) is 5.75 Å². The minimum absolute atomic E-state index is 0.265. The number of ether oxygens (including phenoxy) is 1. The van der Waals surface area contributed by atoms with Crippen molar-refractivity contribution in [2.24, 2.45) is 0 Å².